The van der Waals surface area contributed by atoms with E-state index in [1.165, 1.54) is 4.88 Å². The molecule has 0 aliphatic heterocycles. The average Bonchev–Trinajstić information content (AvgIpc) is 2.81. The van der Waals surface area contributed by atoms with Crippen molar-refractivity contribution < 1.29 is 0 Å². The summed E-state index contributed by atoms with van der Waals surface area (Å²) in [4.78, 5) is 3.76. The number of thiophene rings is 1. The number of nitrogens with two attached hydrogens (primary N) is 1. The molecule has 0 fully saturated rings. The summed E-state index contributed by atoms with van der Waals surface area (Å²) in [5, 5.41) is 2.14. The normalized spacial score (nSPS) is 14.2. The van der Waals surface area contributed by atoms with E-state index in [9.17, 15) is 0 Å². The van der Waals surface area contributed by atoms with Crippen LogP contribution >= 0.6 is 11.3 Å². The van der Waals surface area contributed by atoms with Gasteiger partial charge in [-0.25, -0.2) is 0 Å². The van der Waals surface area contributed by atoms with Crippen molar-refractivity contribution in [2.24, 2.45) is 5.73 Å². The van der Waals surface area contributed by atoms with Gasteiger partial charge >= 0.3 is 0 Å². The fourth-order valence-corrected chi connectivity index (χ4v) is 3.48. The largest absolute Gasteiger partial charge is 0.326 e. The second-order valence-electron chi connectivity index (χ2n) is 4.93. The van der Waals surface area contributed by atoms with Crippen molar-refractivity contribution in [1.82, 2.24) is 4.90 Å². The molecule has 0 aliphatic rings. The lowest BCUT2D eigenvalue weighted by Gasteiger charge is -2.43. The number of likely N-dealkylation sites (N-methyl/N-ethyl adjacent to an activating group) is 1. The Hall–Kier alpha value is -0.380. The summed E-state index contributed by atoms with van der Waals surface area (Å²) in [6, 6.07) is 4.56. The molecular weight excluding hydrogens is 228 g/mol. The molecule has 2 nitrogen and oxygen atoms in total. The Labute approximate surface area is 110 Å². The lowest BCUT2D eigenvalue weighted by Crippen LogP contribution is -2.56. The first-order valence-corrected chi connectivity index (χ1v) is 7.40. The van der Waals surface area contributed by atoms with Gasteiger partial charge in [0, 0.05) is 16.5 Å². The second-order valence-corrected chi connectivity index (χ2v) is 5.96. The van der Waals surface area contributed by atoms with Gasteiger partial charge in [-0.1, -0.05) is 19.9 Å². The molecule has 0 aromatic carbocycles. The van der Waals surface area contributed by atoms with E-state index >= 15 is 0 Å². The van der Waals surface area contributed by atoms with Crippen molar-refractivity contribution in [2.75, 3.05) is 14.1 Å². The first kappa shape index (κ1) is 14.7. The van der Waals surface area contributed by atoms with Gasteiger partial charge in [-0.3, -0.25) is 0 Å². The summed E-state index contributed by atoms with van der Waals surface area (Å²) in [5.41, 5.74) is 6.60. The van der Waals surface area contributed by atoms with Gasteiger partial charge in [0.25, 0.3) is 0 Å². The van der Waals surface area contributed by atoms with E-state index in [0.29, 0.717) is 0 Å². The van der Waals surface area contributed by atoms with E-state index in [4.69, 9.17) is 5.73 Å². The predicted octanol–water partition coefficient (Wildman–Crippen LogP) is 3.13. The van der Waals surface area contributed by atoms with Crippen LogP contribution in [-0.2, 0) is 6.42 Å². The molecular formula is C14H26N2S. The smallest absolute Gasteiger partial charge is 0.0349 e. The predicted molar refractivity (Wildman–Crippen MR) is 77.6 cm³/mol. The zero-order chi connectivity index (χ0) is 12.9. The first-order chi connectivity index (χ1) is 8.06. The Bertz CT molecular complexity index is 302. The lowest BCUT2D eigenvalue weighted by molar-refractivity contribution is 0.102. The van der Waals surface area contributed by atoms with E-state index in [0.717, 1.165) is 25.7 Å². The zero-order valence-corrected chi connectivity index (χ0v) is 12.4. The topological polar surface area (TPSA) is 29.3 Å². The second kappa shape index (κ2) is 6.53. The number of nitrogens with zero attached hydrogens (tertiary/aromatic N) is 1. The molecule has 1 aromatic rings. The minimum atomic E-state index is 0.150. The van der Waals surface area contributed by atoms with Crippen LogP contribution in [0.4, 0.5) is 0 Å². The molecule has 0 saturated carbocycles. The number of hydrogen-bond donors (Lipinski definition) is 1. The molecule has 2 N–H and O–H groups in total. The van der Waals surface area contributed by atoms with E-state index in [2.05, 4.69) is 50.4 Å². The van der Waals surface area contributed by atoms with Gasteiger partial charge in [0.05, 0.1) is 0 Å². The number of aryl methyl sites for hydroxylation is 1. The highest BCUT2D eigenvalue weighted by Crippen LogP contribution is 2.27. The summed E-state index contributed by atoms with van der Waals surface area (Å²) in [7, 11) is 4.30. The fourth-order valence-electron chi connectivity index (χ4n) is 2.76. The van der Waals surface area contributed by atoms with E-state index in [-0.39, 0.29) is 11.6 Å². The number of rotatable bonds is 7. The van der Waals surface area contributed by atoms with E-state index in [1.54, 1.807) is 0 Å². The molecule has 1 aromatic heterocycles. The van der Waals surface area contributed by atoms with Gasteiger partial charge in [0.1, 0.15) is 0 Å². The zero-order valence-electron chi connectivity index (χ0n) is 11.6. The third-order valence-corrected chi connectivity index (χ3v) is 5.02. The minimum absolute atomic E-state index is 0.150. The Morgan fingerprint density at radius 2 is 2.00 bits per heavy atom. The van der Waals surface area contributed by atoms with Crippen LogP contribution in [0.25, 0.3) is 0 Å². The molecule has 0 bridgehead atoms. The summed E-state index contributed by atoms with van der Waals surface area (Å²) in [5.74, 6) is 0. The number of hydrogen-bond acceptors (Lipinski definition) is 3. The van der Waals surface area contributed by atoms with Crippen molar-refractivity contribution in [1.29, 1.82) is 0 Å². The highest BCUT2D eigenvalue weighted by Gasteiger charge is 2.34. The summed E-state index contributed by atoms with van der Waals surface area (Å²) in [6.45, 7) is 4.49. The van der Waals surface area contributed by atoms with Gasteiger partial charge in [-0.2, -0.15) is 0 Å². The molecule has 0 spiro atoms. The van der Waals surface area contributed by atoms with Crippen molar-refractivity contribution in [3.63, 3.8) is 0 Å². The van der Waals surface area contributed by atoms with Crippen molar-refractivity contribution >= 4 is 11.3 Å². The van der Waals surface area contributed by atoms with Gasteiger partial charge in [0.2, 0.25) is 0 Å². The van der Waals surface area contributed by atoms with Crippen LogP contribution < -0.4 is 5.73 Å². The van der Waals surface area contributed by atoms with E-state index < -0.39 is 0 Å². The quantitative estimate of drug-likeness (QED) is 0.810. The molecule has 1 atom stereocenters. The highest BCUT2D eigenvalue weighted by atomic mass is 32.1. The summed E-state index contributed by atoms with van der Waals surface area (Å²) < 4.78 is 0. The molecule has 1 unspecified atom stereocenters. The van der Waals surface area contributed by atoms with Crippen molar-refractivity contribution in [3.8, 4) is 0 Å². The third-order valence-electron chi connectivity index (χ3n) is 4.09. The maximum absolute atomic E-state index is 6.45. The van der Waals surface area contributed by atoms with Gasteiger partial charge < -0.3 is 10.6 Å². The minimum Gasteiger partial charge on any atom is -0.326 e. The molecule has 0 aliphatic carbocycles. The van der Waals surface area contributed by atoms with Gasteiger partial charge in [-0.05, 0) is 51.2 Å². The van der Waals surface area contributed by atoms with Crippen LogP contribution in [0.1, 0.15) is 38.0 Å². The standard InChI is InChI=1S/C14H26N2S/c1-5-14(6-2,16(3)4)13(15)10-9-12-8-7-11-17-12/h7-8,11,13H,5-6,9-10,15H2,1-4H3. The van der Waals surface area contributed by atoms with Crippen LogP contribution in [0, 0.1) is 0 Å². The first-order valence-electron chi connectivity index (χ1n) is 6.52. The Morgan fingerprint density at radius 1 is 1.35 bits per heavy atom. The Kier molecular flexibility index (Phi) is 5.63. The molecule has 0 radical (unpaired) electrons. The van der Waals surface area contributed by atoms with Crippen LogP contribution in [0.2, 0.25) is 0 Å². The molecule has 0 amide bonds. The Morgan fingerprint density at radius 3 is 2.41 bits per heavy atom. The summed E-state index contributed by atoms with van der Waals surface area (Å²) >= 11 is 1.83. The third kappa shape index (κ3) is 3.30. The average molecular weight is 254 g/mol. The molecule has 0 saturated heterocycles. The monoisotopic (exact) mass is 254 g/mol. The van der Waals surface area contributed by atoms with Gasteiger partial charge in [-0.15, -0.1) is 11.3 Å². The molecule has 3 heteroatoms. The maximum Gasteiger partial charge on any atom is 0.0349 e. The van der Waals surface area contributed by atoms with Crippen LogP contribution in [0.5, 0.6) is 0 Å². The lowest BCUT2D eigenvalue weighted by atomic mass is 9.81. The molecule has 1 rings (SSSR count). The fraction of sp³-hybridized carbons (Fsp3) is 0.714. The van der Waals surface area contributed by atoms with Crippen molar-refractivity contribution in [2.45, 2.75) is 51.1 Å². The Balaban J connectivity index is 2.62. The van der Waals surface area contributed by atoms with Crippen molar-refractivity contribution in [3.05, 3.63) is 22.4 Å². The summed E-state index contributed by atoms with van der Waals surface area (Å²) in [6.07, 6.45) is 4.40. The van der Waals surface area contributed by atoms with Gasteiger partial charge in [0.15, 0.2) is 0 Å². The van der Waals surface area contributed by atoms with Crippen LogP contribution in [0.15, 0.2) is 17.5 Å². The molecule has 98 valence electrons. The SMILES string of the molecule is CCC(CC)(C(N)CCc1cccs1)N(C)C. The molecule has 1 heterocycles. The maximum atomic E-state index is 6.45. The highest BCUT2D eigenvalue weighted by molar-refractivity contribution is 7.09. The molecule has 17 heavy (non-hydrogen) atoms. The van der Waals surface area contributed by atoms with Crippen LogP contribution in [0.3, 0.4) is 0 Å². The van der Waals surface area contributed by atoms with Crippen LogP contribution in [-0.4, -0.2) is 30.6 Å². The van der Waals surface area contributed by atoms with E-state index in [1.807, 2.05) is 11.3 Å².